The molecule has 0 amide bonds. The third kappa shape index (κ3) is 2.48. The number of rotatable bonds is 2. The van der Waals surface area contributed by atoms with Crippen LogP contribution in [0.1, 0.15) is 0 Å². The van der Waals surface area contributed by atoms with E-state index < -0.39 is 15.7 Å². The maximum absolute atomic E-state index is 12.7. The molecular weight excluding hydrogens is 263 g/mol. The molecule has 0 unspecified atom stereocenters. The molecule has 0 fully saturated rings. The molecule has 0 aliphatic rings. The lowest BCUT2D eigenvalue weighted by Gasteiger charge is -2.04. The number of halogens is 2. The van der Waals surface area contributed by atoms with E-state index in [-0.39, 0.29) is 9.79 Å². The molecule has 0 bridgehead atoms. The lowest BCUT2D eigenvalue weighted by atomic mass is 10.3. The highest BCUT2D eigenvalue weighted by molar-refractivity contribution is 7.91. The molecule has 0 saturated carbocycles. The van der Waals surface area contributed by atoms with Gasteiger partial charge in [-0.05, 0) is 48.5 Å². The molecule has 2 nitrogen and oxygen atoms in total. The molecule has 0 heterocycles. The Morgan fingerprint density at radius 2 is 1.24 bits per heavy atom. The lowest BCUT2D eigenvalue weighted by molar-refractivity contribution is 0.595. The molecule has 2 aromatic carbocycles. The van der Waals surface area contributed by atoms with Gasteiger partial charge in [-0.15, -0.1) is 0 Å². The molecule has 0 spiro atoms. The van der Waals surface area contributed by atoms with Gasteiger partial charge in [0, 0.05) is 5.02 Å². The highest BCUT2D eigenvalue weighted by Gasteiger charge is 2.17. The standard InChI is InChI=1S/C12H8ClFO2S/c13-9-1-5-11(6-2-9)17(15,16)12-7-3-10(14)4-8-12/h1-8H. The molecule has 0 aliphatic carbocycles. The summed E-state index contributed by atoms with van der Waals surface area (Å²) in [6.07, 6.45) is 0. The summed E-state index contributed by atoms with van der Waals surface area (Å²) in [4.78, 5) is 0.190. The van der Waals surface area contributed by atoms with Crippen molar-refractivity contribution in [2.75, 3.05) is 0 Å². The van der Waals surface area contributed by atoms with Gasteiger partial charge in [-0.3, -0.25) is 0 Å². The van der Waals surface area contributed by atoms with E-state index in [1.165, 1.54) is 36.4 Å². The van der Waals surface area contributed by atoms with E-state index in [1.807, 2.05) is 0 Å². The van der Waals surface area contributed by atoms with Crippen molar-refractivity contribution < 1.29 is 12.8 Å². The van der Waals surface area contributed by atoms with Gasteiger partial charge in [0.1, 0.15) is 5.82 Å². The van der Waals surface area contributed by atoms with Crippen molar-refractivity contribution in [2.45, 2.75) is 9.79 Å². The van der Waals surface area contributed by atoms with Crippen molar-refractivity contribution >= 4 is 21.4 Å². The Morgan fingerprint density at radius 1 is 0.824 bits per heavy atom. The quantitative estimate of drug-likeness (QED) is 0.785. The van der Waals surface area contributed by atoms with E-state index in [9.17, 15) is 12.8 Å². The van der Waals surface area contributed by atoms with Crippen molar-refractivity contribution in [3.8, 4) is 0 Å². The van der Waals surface area contributed by atoms with Crippen LogP contribution in [0.3, 0.4) is 0 Å². The summed E-state index contributed by atoms with van der Waals surface area (Å²) in [7, 11) is -3.60. The predicted molar refractivity (Wildman–Crippen MR) is 63.3 cm³/mol. The zero-order valence-corrected chi connectivity index (χ0v) is 10.2. The highest BCUT2D eigenvalue weighted by atomic mass is 35.5. The maximum atomic E-state index is 12.7. The second-order valence-corrected chi connectivity index (χ2v) is 5.80. The molecule has 17 heavy (non-hydrogen) atoms. The highest BCUT2D eigenvalue weighted by Crippen LogP contribution is 2.22. The van der Waals surface area contributed by atoms with Crippen LogP contribution in [0.5, 0.6) is 0 Å². The second-order valence-electron chi connectivity index (χ2n) is 3.41. The first kappa shape index (κ1) is 12.1. The second kappa shape index (κ2) is 4.47. The van der Waals surface area contributed by atoms with Crippen LogP contribution in [-0.4, -0.2) is 8.42 Å². The maximum Gasteiger partial charge on any atom is 0.206 e. The first-order valence-electron chi connectivity index (χ1n) is 4.76. The first-order chi connectivity index (χ1) is 8.00. The summed E-state index contributed by atoms with van der Waals surface area (Å²) >= 11 is 5.68. The molecule has 0 aliphatic heterocycles. The summed E-state index contributed by atoms with van der Waals surface area (Å²) in [5.41, 5.74) is 0. The van der Waals surface area contributed by atoms with Crippen LogP contribution in [0.25, 0.3) is 0 Å². The van der Waals surface area contributed by atoms with Crippen LogP contribution in [0.15, 0.2) is 58.3 Å². The Labute approximate surface area is 104 Å². The number of hydrogen-bond donors (Lipinski definition) is 0. The predicted octanol–water partition coefficient (Wildman–Crippen LogP) is 3.31. The van der Waals surface area contributed by atoms with Crippen molar-refractivity contribution in [1.82, 2.24) is 0 Å². The van der Waals surface area contributed by atoms with E-state index in [0.29, 0.717) is 5.02 Å². The van der Waals surface area contributed by atoms with Gasteiger partial charge in [-0.25, -0.2) is 12.8 Å². The van der Waals surface area contributed by atoms with Crippen molar-refractivity contribution in [3.63, 3.8) is 0 Å². The van der Waals surface area contributed by atoms with Crippen LogP contribution in [-0.2, 0) is 9.84 Å². The van der Waals surface area contributed by atoms with Crippen molar-refractivity contribution in [1.29, 1.82) is 0 Å². The Bertz CT molecular complexity index is 567. The summed E-state index contributed by atoms with van der Waals surface area (Å²) in [5, 5.41) is 0.461. The number of hydrogen-bond acceptors (Lipinski definition) is 2. The fourth-order valence-corrected chi connectivity index (χ4v) is 2.75. The molecule has 2 rings (SSSR count). The average Bonchev–Trinajstić information content (AvgIpc) is 2.30. The summed E-state index contributed by atoms with van der Waals surface area (Å²) < 4.78 is 36.9. The SMILES string of the molecule is O=S(=O)(c1ccc(F)cc1)c1ccc(Cl)cc1. The van der Waals surface area contributed by atoms with Gasteiger partial charge < -0.3 is 0 Å². The molecule has 0 atom stereocenters. The van der Waals surface area contributed by atoms with E-state index >= 15 is 0 Å². The largest absolute Gasteiger partial charge is 0.219 e. The van der Waals surface area contributed by atoms with Gasteiger partial charge in [0.25, 0.3) is 0 Å². The van der Waals surface area contributed by atoms with Gasteiger partial charge in [0.05, 0.1) is 9.79 Å². The summed E-state index contributed by atoms with van der Waals surface area (Å²) in [5.74, 6) is -0.472. The third-order valence-corrected chi connectivity index (χ3v) is 4.29. The summed E-state index contributed by atoms with van der Waals surface area (Å²) in [6.45, 7) is 0. The molecular formula is C12H8ClFO2S. The Hall–Kier alpha value is -1.39. The zero-order valence-electron chi connectivity index (χ0n) is 8.60. The van der Waals surface area contributed by atoms with E-state index in [1.54, 1.807) is 0 Å². The van der Waals surface area contributed by atoms with Gasteiger partial charge >= 0.3 is 0 Å². The van der Waals surface area contributed by atoms with Crippen molar-refractivity contribution in [3.05, 3.63) is 59.4 Å². The molecule has 88 valence electrons. The van der Waals surface area contributed by atoms with Crippen LogP contribution >= 0.6 is 11.6 Å². The lowest BCUT2D eigenvalue weighted by Crippen LogP contribution is -2.01. The molecule has 5 heteroatoms. The van der Waals surface area contributed by atoms with Crippen LogP contribution < -0.4 is 0 Å². The average molecular weight is 271 g/mol. The van der Waals surface area contributed by atoms with Gasteiger partial charge in [0.2, 0.25) is 9.84 Å². The van der Waals surface area contributed by atoms with E-state index in [4.69, 9.17) is 11.6 Å². The Balaban J connectivity index is 2.50. The van der Waals surface area contributed by atoms with E-state index in [0.717, 1.165) is 12.1 Å². The minimum Gasteiger partial charge on any atom is -0.219 e. The topological polar surface area (TPSA) is 34.1 Å². The fourth-order valence-electron chi connectivity index (χ4n) is 1.36. The van der Waals surface area contributed by atoms with Gasteiger partial charge in [-0.1, -0.05) is 11.6 Å². The van der Waals surface area contributed by atoms with Crippen LogP contribution in [0.2, 0.25) is 5.02 Å². The van der Waals surface area contributed by atoms with Crippen LogP contribution in [0, 0.1) is 5.82 Å². The van der Waals surface area contributed by atoms with Gasteiger partial charge in [0.15, 0.2) is 0 Å². The molecule has 2 aromatic rings. The monoisotopic (exact) mass is 270 g/mol. The van der Waals surface area contributed by atoms with Gasteiger partial charge in [-0.2, -0.15) is 0 Å². The van der Waals surface area contributed by atoms with Crippen LogP contribution in [0.4, 0.5) is 4.39 Å². The molecule has 0 N–H and O–H groups in total. The minimum atomic E-state index is -3.60. The zero-order chi connectivity index (χ0) is 12.5. The molecule has 0 aromatic heterocycles. The summed E-state index contributed by atoms with van der Waals surface area (Å²) in [6, 6.07) is 10.5. The van der Waals surface area contributed by atoms with E-state index in [2.05, 4.69) is 0 Å². The third-order valence-electron chi connectivity index (χ3n) is 2.25. The number of benzene rings is 2. The van der Waals surface area contributed by atoms with Crippen molar-refractivity contribution in [2.24, 2.45) is 0 Å². The first-order valence-corrected chi connectivity index (χ1v) is 6.62. The molecule has 0 saturated heterocycles. The minimum absolute atomic E-state index is 0.0567. The Kier molecular flexibility index (Phi) is 3.17. The molecule has 0 radical (unpaired) electrons. The fraction of sp³-hybridized carbons (Fsp3) is 0. The normalized spacial score (nSPS) is 11.4. The Morgan fingerprint density at radius 3 is 1.71 bits per heavy atom. The number of sulfone groups is 1. The smallest absolute Gasteiger partial charge is 0.206 e.